The van der Waals surface area contributed by atoms with Crippen LogP contribution in [0.25, 0.3) is 0 Å². The van der Waals surface area contributed by atoms with Crippen molar-refractivity contribution in [2.24, 2.45) is 11.5 Å². The smallest absolute Gasteiger partial charge is 0.237 e. The lowest BCUT2D eigenvalue weighted by Gasteiger charge is -2.10. The zero-order valence-corrected chi connectivity index (χ0v) is 10.1. The summed E-state index contributed by atoms with van der Waals surface area (Å²) in [4.78, 5) is 26.1. The third-order valence-electron chi connectivity index (χ3n) is 2.23. The van der Waals surface area contributed by atoms with Crippen molar-refractivity contribution >= 4 is 11.8 Å². The van der Waals surface area contributed by atoms with Crippen molar-refractivity contribution in [3.63, 3.8) is 0 Å². The molecule has 0 fully saturated rings. The average Bonchev–Trinajstić information content (AvgIpc) is 2.35. The van der Waals surface area contributed by atoms with Crippen molar-refractivity contribution in [3.05, 3.63) is 23.9 Å². The van der Waals surface area contributed by atoms with E-state index < -0.39 is 17.9 Å². The van der Waals surface area contributed by atoms with Gasteiger partial charge in [-0.15, -0.1) is 0 Å². The first kappa shape index (κ1) is 13.9. The Labute approximate surface area is 105 Å². The SMILES string of the molecule is COc1ccc(CNC(=O)C(N)CC(N)=O)cn1. The Morgan fingerprint density at radius 3 is 2.72 bits per heavy atom. The molecule has 0 aliphatic rings. The van der Waals surface area contributed by atoms with Crippen LogP contribution in [0.2, 0.25) is 0 Å². The van der Waals surface area contributed by atoms with E-state index in [4.69, 9.17) is 16.2 Å². The Morgan fingerprint density at radius 2 is 2.22 bits per heavy atom. The average molecular weight is 252 g/mol. The van der Waals surface area contributed by atoms with Gasteiger partial charge in [0.05, 0.1) is 19.6 Å². The van der Waals surface area contributed by atoms with Crippen molar-refractivity contribution in [2.45, 2.75) is 19.0 Å². The summed E-state index contributed by atoms with van der Waals surface area (Å²) in [5.74, 6) is -0.538. The van der Waals surface area contributed by atoms with Crippen LogP contribution in [0.5, 0.6) is 5.88 Å². The molecule has 0 saturated heterocycles. The summed E-state index contributed by atoms with van der Waals surface area (Å²) in [6.07, 6.45) is 1.41. The maximum atomic E-state index is 11.5. The van der Waals surface area contributed by atoms with E-state index in [0.717, 1.165) is 5.56 Å². The number of rotatable bonds is 6. The van der Waals surface area contributed by atoms with E-state index in [1.807, 2.05) is 0 Å². The zero-order valence-electron chi connectivity index (χ0n) is 10.1. The standard InChI is InChI=1S/C11H16N4O3/c1-18-10-3-2-7(5-14-10)6-15-11(17)8(12)4-9(13)16/h2-3,5,8H,4,6,12H2,1H3,(H2,13,16)(H,15,17). The molecule has 1 heterocycles. The second-order valence-corrected chi connectivity index (χ2v) is 3.70. The van der Waals surface area contributed by atoms with Gasteiger partial charge in [-0.05, 0) is 5.56 Å². The van der Waals surface area contributed by atoms with E-state index in [9.17, 15) is 9.59 Å². The van der Waals surface area contributed by atoms with E-state index in [1.54, 1.807) is 18.3 Å². The second-order valence-electron chi connectivity index (χ2n) is 3.70. The molecule has 0 saturated carbocycles. The molecular weight excluding hydrogens is 236 g/mol. The van der Waals surface area contributed by atoms with Crippen molar-refractivity contribution < 1.29 is 14.3 Å². The predicted molar refractivity (Wildman–Crippen MR) is 64.4 cm³/mol. The van der Waals surface area contributed by atoms with Gasteiger partial charge < -0.3 is 21.5 Å². The van der Waals surface area contributed by atoms with E-state index in [2.05, 4.69) is 10.3 Å². The number of amides is 2. The fraction of sp³-hybridized carbons (Fsp3) is 0.364. The summed E-state index contributed by atoms with van der Waals surface area (Å²) in [5, 5.41) is 2.59. The molecule has 0 aliphatic heterocycles. The Balaban J connectivity index is 2.44. The molecule has 98 valence electrons. The molecule has 7 nitrogen and oxygen atoms in total. The minimum absolute atomic E-state index is 0.174. The number of hydrogen-bond acceptors (Lipinski definition) is 5. The van der Waals surface area contributed by atoms with Gasteiger partial charge in [-0.3, -0.25) is 9.59 Å². The number of ether oxygens (including phenoxy) is 1. The number of nitrogens with two attached hydrogens (primary N) is 2. The third-order valence-corrected chi connectivity index (χ3v) is 2.23. The molecule has 1 aromatic rings. The normalized spacial score (nSPS) is 11.7. The number of aromatic nitrogens is 1. The summed E-state index contributed by atoms with van der Waals surface area (Å²) in [7, 11) is 1.52. The minimum atomic E-state index is -0.922. The highest BCUT2D eigenvalue weighted by Crippen LogP contribution is 2.06. The summed E-state index contributed by atoms with van der Waals surface area (Å²) < 4.78 is 4.91. The van der Waals surface area contributed by atoms with Crippen LogP contribution in [-0.2, 0) is 16.1 Å². The fourth-order valence-electron chi connectivity index (χ4n) is 1.27. The van der Waals surface area contributed by atoms with Gasteiger partial charge in [-0.25, -0.2) is 4.98 Å². The van der Waals surface area contributed by atoms with Crippen LogP contribution in [0.15, 0.2) is 18.3 Å². The lowest BCUT2D eigenvalue weighted by atomic mass is 10.2. The number of methoxy groups -OCH3 is 1. The lowest BCUT2D eigenvalue weighted by Crippen LogP contribution is -2.42. The number of nitrogens with zero attached hydrogens (tertiary/aromatic N) is 1. The fourth-order valence-corrected chi connectivity index (χ4v) is 1.27. The van der Waals surface area contributed by atoms with Crippen molar-refractivity contribution in [1.29, 1.82) is 0 Å². The Morgan fingerprint density at radius 1 is 1.50 bits per heavy atom. The molecule has 5 N–H and O–H groups in total. The van der Waals surface area contributed by atoms with Crippen molar-refractivity contribution in [3.8, 4) is 5.88 Å². The highest BCUT2D eigenvalue weighted by Gasteiger charge is 2.15. The van der Waals surface area contributed by atoms with E-state index >= 15 is 0 Å². The first-order chi connectivity index (χ1) is 8.52. The van der Waals surface area contributed by atoms with Crippen LogP contribution < -0.4 is 21.5 Å². The van der Waals surface area contributed by atoms with Gasteiger partial charge in [0.2, 0.25) is 17.7 Å². The molecular formula is C11H16N4O3. The van der Waals surface area contributed by atoms with Gasteiger partial charge in [-0.2, -0.15) is 0 Å². The monoisotopic (exact) mass is 252 g/mol. The van der Waals surface area contributed by atoms with Crippen LogP contribution in [0.1, 0.15) is 12.0 Å². The molecule has 1 unspecified atom stereocenters. The van der Waals surface area contributed by atoms with Gasteiger partial charge in [0.1, 0.15) is 0 Å². The Bertz CT molecular complexity index is 419. The molecule has 0 aliphatic carbocycles. The number of carbonyl (C=O) groups is 2. The van der Waals surface area contributed by atoms with Crippen molar-refractivity contribution in [1.82, 2.24) is 10.3 Å². The first-order valence-corrected chi connectivity index (χ1v) is 5.33. The van der Waals surface area contributed by atoms with Gasteiger partial charge in [-0.1, -0.05) is 6.07 Å². The molecule has 2 amide bonds. The Hall–Kier alpha value is -2.15. The minimum Gasteiger partial charge on any atom is -0.481 e. The van der Waals surface area contributed by atoms with Gasteiger partial charge >= 0.3 is 0 Å². The summed E-state index contributed by atoms with van der Waals surface area (Å²) in [6, 6.07) is 2.53. The molecule has 1 rings (SSSR count). The van der Waals surface area contributed by atoms with E-state index in [0.29, 0.717) is 5.88 Å². The second kappa shape index (κ2) is 6.55. The van der Waals surface area contributed by atoms with Crippen LogP contribution in [0.3, 0.4) is 0 Å². The molecule has 0 bridgehead atoms. The van der Waals surface area contributed by atoms with Crippen LogP contribution >= 0.6 is 0 Å². The molecule has 7 heteroatoms. The quantitative estimate of drug-likeness (QED) is 0.594. The number of carbonyl (C=O) groups excluding carboxylic acids is 2. The van der Waals surface area contributed by atoms with E-state index in [-0.39, 0.29) is 13.0 Å². The number of nitrogens with one attached hydrogen (secondary N) is 1. The first-order valence-electron chi connectivity index (χ1n) is 5.33. The number of primary amides is 1. The maximum Gasteiger partial charge on any atom is 0.237 e. The third kappa shape index (κ3) is 4.38. The lowest BCUT2D eigenvalue weighted by molar-refractivity contribution is -0.126. The largest absolute Gasteiger partial charge is 0.481 e. The predicted octanol–water partition coefficient (Wildman–Crippen LogP) is -1.09. The van der Waals surface area contributed by atoms with Gasteiger partial charge in [0, 0.05) is 18.8 Å². The van der Waals surface area contributed by atoms with Gasteiger partial charge in [0.25, 0.3) is 0 Å². The van der Waals surface area contributed by atoms with Crippen molar-refractivity contribution in [2.75, 3.05) is 7.11 Å². The Kier molecular flexibility index (Phi) is 5.06. The topological polar surface area (TPSA) is 120 Å². The summed E-state index contributed by atoms with van der Waals surface area (Å²) in [6.45, 7) is 0.280. The summed E-state index contributed by atoms with van der Waals surface area (Å²) >= 11 is 0. The molecule has 1 aromatic heterocycles. The molecule has 18 heavy (non-hydrogen) atoms. The van der Waals surface area contributed by atoms with Crippen LogP contribution in [0.4, 0.5) is 0 Å². The van der Waals surface area contributed by atoms with Gasteiger partial charge in [0.15, 0.2) is 0 Å². The molecule has 0 radical (unpaired) electrons. The number of hydrogen-bond donors (Lipinski definition) is 3. The van der Waals surface area contributed by atoms with Crippen LogP contribution in [-0.4, -0.2) is 29.9 Å². The highest BCUT2D eigenvalue weighted by molar-refractivity contribution is 5.87. The highest BCUT2D eigenvalue weighted by atomic mass is 16.5. The van der Waals surface area contributed by atoms with E-state index in [1.165, 1.54) is 7.11 Å². The molecule has 0 spiro atoms. The maximum absolute atomic E-state index is 11.5. The van der Waals surface area contributed by atoms with Crippen LogP contribution in [0, 0.1) is 0 Å². The summed E-state index contributed by atoms with van der Waals surface area (Å²) in [5.41, 5.74) is 11.2. The zero-order chi connectivity index (χ0) is 13.5. The molecule has 0 aromatic carbocycles. The number of pyridine rings is 1. The molecule has 1 atom stereocenters.